The van der Waals surface area contributed by atoms with Crippen LogP contribution in [-0.4, -0.2) is 71.1 Å². The van der Waals surface area contributed by atoms with Crippen molar-refractivity contribution in [2.75, 3.05) is 49.9 Å². The van der Waals surface area contributed by atoms with E-state index in [9.17, 15) is 0 Å². The summed E-state index contributed by atoms with van der Waals surface area (Å²) in [5.74, 6) is 1.91. The lowest BCUT2D eigenvalue weighted by Gasteiger charge is -2.22. The molecule has 0 amide bonds. The maximum atomic E-state index is 5.06. The number of fused-ring (bicyclic) bond motifs is 3. The van der Waals surface area contributed by atoms with Gasteiger partial charge in [-0.2, -0.15) is 0 Å². The van der Waals surface area contributed by atoms with Crippen molar-refractivity contribution in [1.29, 1.82) is 0 Å². The van der Waals surface area contributed by atoms with Crippen LogP contribution in [-0.2, 0) is 0 Å². The van der Waals surface area contributed by atoms with Crippen molar-refractivity contribution in [3.63, 3.8) is 0 Å². The van der Waals surface area contributed by atoms with Crippen molar-refractivity contribution in [2.45, 2.75) is 86.2 Å². The van der Waals surface area contributed by atoms with Crippen LogP contribution in [0.25, 0.3) is 21.7 Å². The number of aryl methyl sites for hydroxylation is 1. The lowest BCUT2D eigenvalue weighted by atomic mass is 10.0. The second-order valence-corrected chi connectivity index (χ2v) is 10.4. The van der Waals surface area contributed by atoms with Crippen LogP contribution < -0.4 is 10.6 Å². The molecule has 0 saturated heterocycles. The molecule has 2 aromatic heterocycles. The van der Waals surface area contributed by atoms with Crippen LogP contribution in [0.15, 0.2) is 30.3 Å². The van der Waals surface area contributed by atoms with Crippen LogP contribution in [0.1, 0.15) is 72.9 Å². The van der Waals surface area contributed by atoms with Crippen LogP contribution in [0, 0.1) is 6.92 Å². The molecule has 6 nitrogen and oxygen atoms in total. The van der Waals surface area contributed by atoms with Crippen molar-refractivity contribution >= 4 is 33.3 Å². The Labute approximate surface area is 225 Å². The Hall–Kier alpha value is -2.44. The fourth-order valence-electron chi connectivity index (χ4n) is 5.29. The van der Waals surface area contributed by atoms with E-state index < -0.39 is 0 Å². The first-order valence-corrected chi connectivity index (χ1v) is 14.6. The van der Waals surface area contributed by atoms with E-state index in [2.05, 4.69) is 99.2 Å². The molecule has 37 heavy (non-hydrogen) atoms. The summed E-state index contributed by atoms with van der Waals surface area (Å²) in [6, 6.07) is 11.4. The van der Waals surface area contributed by atoms with E-state index >= 15 is 0 Å². The molecule has 0 bridgehead atoms. The minimum atomic E-state index is 0.343. The van der Waals surface area contributed by atoms with Gasteiger partial charge in [0.25, 0.3) is 0 Å². The standard InChI is InChI=1S/C31H50N6/c1-8-36(9-2)20-14-16-23(5)32-29-22-27-26-18-12-13-19-28(26)35-31(30(27)25(7)34-29)33-24(6)17-15-21-37(10-3)11-4/h12-13,18-19,22-24H,8-11,14-17,20-21H2,1-7H3,(H,32,34)(H,33,35). The quantitative estimate of drug-likeness (QED) is 0.205. The smallest absolute Gasteiger partial charge is 0.136 e. The Morgan fingerprint density at radius 2 is 1.32 bits per heavy atom. The van der Waals surface area contributed by atoms with Crippen molar-refractivity contribution in [3.8, 4) is 0 Å². The highest BCUT2D eigenvalue weighted by Gasteiger charge is 2.16. The highest BCUT2D eigenvalue weighted by molar-refractivity contribution is 6.11. The normalized spacial score (nSPS) is 13.5. The Kier molecular flexibility index (Phi) is 11.4. The van der Waals surface area contributed by atoms with Gasteiger partial charge in [-0.05, 0) is 97.9 Å². The van der Waals surface area contributed by atoms with Gasteiger partial charge >= 0.3 is 0 Å². The molecule has 0 saturated carbocycles. The van der Waals surface area contributed by atoms with Crippen molar-refractivity contribution in [2.24, 2.45) is 0 Å². The van der Waals surface area contributed by atoms with E-state index in [1.54, 1.807) is 0 Å². The second-order valence-electron chi connectivity index (χ2n) is 10.4. The molecule has 2 N–H and O–H groups in total. The Balaban J connectivity index is 1.80. The molecule has 3 rings (SSSR count). The third-order valence-corrected chi connectivity index (χ3v) is 7.65. The summed E-state index contributed by atoms with van der Waals surface area (Å²) in [6.45, 7) is 22.4. The zero-order valence-electron chi connectivity index (χ0n) is 24.4. The van der Waals surface area contributed by atoms with Gasteiger partial charge in [0.15, 0.2) is 0 Å². The number of aromatic nitrogens is 2. The monoisotopic (exact) mass is 506 g/mol. The van der Waals surface area contributed by atoms with Gasteiger partial charge in [-0.15, -0.1) is 0 Å². The maximum Gasteiger partial charge on any atom is 0.136 e. The number of anilines is 2. The summed E-state index contributed by atoms with van der Waals surface area (Å²) < 4.78 is 0. The van der Waals surface area contributed by atoms with Crippen molar-refractivity contribution in [1.82, 2.24) is 19.8 Å². The van der Waals surface area contributed by atoms with E-state index in [4.69, 9.17) is 9.97 Å². The highest BCUT2D eigenvalue weighted by Crippen LogP contribution is 2.33. The molecule has 0 aliphatic carbocycles. The first-order chi connectivity index (χ1) is 17.9. The first-order valence-electron chi connectivity index (χ1n) is 14.6. The van der Waals surface area contributed by atoms with E-state index in [0.717, 1.165) is 80.3 Å². The third kappa shape index (κ3) is 8.02. The van der Waals surface area contributed by atoms with E-state index in [-0.39, 0.29) is 0 Å². The predicted octanol–water partition coefficient (Wildman–Crippen LogP) is 6.94. The molecule has 0 radical (unpaired) electrons. The van der Waals surface area contributed by atoms with Crippen LogP contribution in [0.2, 0.25) is 0 Å². The molecule has 204 valence electrons. The van der Waals surface area contributed by atoms with Crippen LogP contribution >= 0.6 is 0 Å². The fraction of sp³-hybridized carbons (Fsp3) is 0.613. The van der Waals surface area contributed by atoms with Gasteiger partial charge in [0, 0.05) is 28.2 Å². The number of para-hydroxylation sites is 1. The van der Waals surface area contributed by atoms with E-state index in [1.165, 1.54) is 23.6 Å². The number of hydrogen-bond donors (Lipinski definition) is 2. The lowest BCUT2D eigenvalue weighted by molar-refractivity contribution is 0.295. The molecule has 2 atom stereocenters. The summed E-state index contributed by atoms with van der Waals surface area (Å²) in [6.07, 6.45) is 4.61. The lowest BCUT2D eigenvalue weighted by Crippen LogP contribution is -2.26. The van der Waals surface area contributed by atoms with Crippen molar-refractivity contribution < 1.29 is 0 Å². The molecule has 1 aromatic carbocycles. The van der Waals surface area contributed by atoms with Gasteiger partial charge in [0.05, 0.1) is 11.2 Å². The van der Waals surface area contributed by atoms with Crippen LogP contribution in [0.4, 0.5) is 11.6 Å². The summed E-state index contributed by atoms with van der Waals surface area (Å²) >= 11 is 0. The summed E-state index contributed by atoms with van der Waals surface area (Å²) in [7, 11) is 0. The molecule has 2 unspecified atom stereocenters. The Morgan fingerprint density at radius 1 is 0.757 bits per heavy atom. The van der Waals surface area contributed by atoms with E-state index in [1.807, 2.05) is 0 Å². The van der Waals surface area contributed by atoms with Crippen LogP contribution in [0.5, 0.6) is 0 Å². The topological polar surface area (TPSA) is 56.3 Å². The molecule has 0 aliphatic rings. The molecule has 6 heteroatoms. The van der Waals surface area contributed by atoms with Gasteiger partial charge in [-0.3, -0.25) is 0 Å². The second kappa shape index (κ2) is 14.5. The highest BCUT2D eigenvalue weighted by atomic mass is 15.1. The zero-order valence-corrected chi connectivity index (χ0v) is 24.4. The number of nitrogens with one attached hydrogen (secondary N) is 2. The predicted molar refractivity (Wildman–Crippen MR) is 162 cm³/mol. The Morgan fingerprint density at radius 3 is 1.92 bits per heavy atom. The Bertz CT molecular complexity index is 1110. The summed E-state index contributed by atoms with van der Waals surface area (Å²) in [4.78, 5) is 15.0. The number of rotatable bonds is 16. The molecular formula is C31H50N6. The number of benzene rings is 1. The third-order valence-electron chi connectivity index (χ3n) is 7.65. The van der Waals surface area contributed by atoms with Gasteiger partial charge in [-0.25, -0.2) is 9.97 Å². The average molecular weight is 507 g/mol. The largest absolute Gasteiger partial charge is 0.368 e. The van der Waals surface area contributed by atoms with Gasteiger partial charge in [0.1, 0.15) is 11.6 Å². The molecule has 0 fully saturated rings. The van der Waals surface area contributed by atoms with E-state index in [0.29, 0.717) is 12.1 Å². The van der Waals surface area contributed by atoms with Crippen LogP contribution in [0.3, 0.4) is 0 Å². The summed E-state index contributed by atoms with van der Waals surface area (Å²) in [5, 5.41) is 11.0. The molecule has 0 spiro atoms. The summed E-state index contributed by atoms with van der Waals surface area (Å²) in [5.41, 5.74) is 2.04. The maximum absolute atomic E-state index is 5.06. The molecular weight excluding hydrogens is 456 g/mol. The fourth-order valence-corrected chi connectivity index (χ4v) is 5.29. The first kappa shape index (κ1) is 29.1. The number of nitrogens with zero attached hydrogens (tertiary/aromatic N) is 4. The molecule has 2 heterocycles. The van der Waals surface area contributed by atoms with Gasteiger partial charge < -0.3 is 20.4 Å². The van der Waals surface area contributed by atoms with Crippen molar-refractivity contribution in [3.05, 3.63) is 36.0 Å². The number of hydrogen-bond acceptors (Lipinski definition) is 6. The molecule has 3 aromatic rings. The van der Waals surface area contributed by atoms with Gasteiger partial charge in [-0.1, -0.05) is 45.9 Å². The minimum absolute atomic E-state index is 0.343. The number of pyridine rings is 2. The SMILES string of the molecule is CCN(CC)CCCC(C)Nc1cc2c(c(C)n1)c(NC(C)CCCN(CC)CC)nc1ccccc12. The molecule has 0 aliphatic heterocycles. The minimum Gasteiger partial charge on any atom is -0.368 e. The van der Waals surface area contributed by atoms with Gasteiger partial charge in [0.2, 0.25) is 0 Å². The zero-order chi connectivity index (χ0) is 26.8. The average Bonchev–Trinajstić information content (AvgIpc) is 2.89.